The summed E-state index contributed by atoms with van der Waals surface area (Å²) in [6.07, 6.45) is 17.9. The lowest BCUT2D eigenvalue weighted by atomic mass is 10.0. The van der Waals surface area contributed by atoms with Gasteiger partial charge in [0, 0.05) is 98.9 Å². The summed E-state index contributed by atoms with van der Waals surface area (Å²) < 4.78 is 10.9. The molecule has 9 aromatic heterocycles. The number of H-pyrrole nitrogens is 1. The zero-order chi connectivity index (χ0) is 83.5. The van der Waals surface area contributed by atoms with Gasteiger partial charge in [0.15, 0.2) is 5.82 Å². The van der Waals surface area contributed by atoms with Gasteiger partial charge in [0.05, 0.1) is 5.69 Å². The highest BCUT2D eigenvalue weighted by Crippen LogP contribution is 2.31. The van der Waals surface area contributed by atoms with E-state index in [9.17, 15) is 0 Å². The van der Waals surface area contributed by atoms with Crippen molar-refractivity contribution in [3.63, 3.8) is 0 Å². The Labute approximate surface area is 709 Å². The van der Waals surface area contributed by atoms with Crippen LogP contribution in [0.15, 0.2) is 391 Å². The summed E-state index contributed by atoms with van der Waals surface area (Å²) >= 11 is 3.59. The van der Waals surface area contributed by atoms with E-state index in [0.717, 1.165) is 61.8 Å². The van der Waals surface area contributed by atoms with Gasteiger partial charge in [-0.15, -0.1) is 11.3 Å². The molecular weight excluding hydrogens is 1490 g/mol. The summed E-state index contributed by atoms with van der Waals surface area (Å²) in [6.45, 7) is 24.9. The molecule has 0 fully saturated rings. The third-order valence-corrected chi connectivity index (χ3v) is 20.7. The van der Waals surface area contributed by atoms with Crippen molar-refractivity contribution in [2.24, 2.45) is 0 Å². The molecule has 19 rings (SSSR count). The molecule has 0 radical (unpaired) electrons. The van der Waals surface area contributed by atoms with Gasteiger partial charge < -0.3 is 13.9 Å². The number of aromatic nitrogens is 8. The van der Waals surface area contributed by atoms with Gasteiger partial charge in [0.2, 0.25) is 0 Å². The molecule has 0 spiro atoms. The minimum Gasteiger partial charge on any atom is -0.456 e. The number of aryl methyl sites for hydroxylation is 12. The fraction of sp³-hybridized carbons (Fsp3) is 0.112. The quantitative estimate of drug-likeness (QED) is 0.150. The fourth-order valence-electron chi connectivity index (χ4n) is 12.1. The van der Waals surface area contributed by atoms with Crippen LogP contribution in [0, 0.1) is 83.1 Å². The Bertz CT molecular complexity index is 5610. The smallest absolute Gasteiger partial charge is 0.159 e. The molecule has 592 valence electrons. The maximum absolute atomic E-state index is 5.79. The number of fused-ring (bicyclic) bond motifs is 1. The Morgan fingerprint density at radius 3 is 1.20 bits per heavy atom. The van der Waals surface area contributed by atoms with Crippen LogP contribution >= 0.6 is 22.7 Å². The van der Waals surface area contributed by atoms with Gasteiger partial charge >= 0.3 is 0 Å². The predicted molar refractivity (Wildman–Crippen MR) is 500 cm³/mol. The number of furan rings is 1. The average molecular weight is 1590 g/mol. The zero-order valence-corrected chi connectivity index (χ0v) is 71.3. The largest absolute Gasteiger partial charge is 0.456 e. The number of hydrogen-bond donors (Lipinski definition) is 1. The predicted octanol–water partition coefficient (Wildman–Crippen LogP) is 29.4. The Hall–Kier alpha value is -13.9. The fourth-order valence-corrected chi connectivity index (χ4v) is 13.6. The number of rotatable bonds is 9. The summed E-state index contributed by atoms with van der Waals surface area (Å²) in [5.74, 6) is 2.59. The van der Waals surface area contributed by atoms with E-state index in [1.165, 1.54) is 122 Å². The third-order valence-electron chi connectivity index (χ3n) is 19.0. The molecule has 19 aromatic rings. The van der Waals surface area contributed by atoms with E-state index in [1.54, 1.807) is 29.9 Å². The molecule has 0 aliphatic heterocycles. The van der Waals surface area contributed by atoms with Crippen LogP contribution in [0.3, 0.4) is 0 Å². The van der Waals surface area contributed by atoms with Gasteiger partial charge in [-0.1, -0.05) is 298 Å². The Morgan fingerprint density at radius 2 is 0.756 bits per heavy atom. The van der Waals surface area contributed by atoms with Crippen molar-refractivity contribution >= 4 is 33.6 Å². The first-order valence-corrected chi connectivity index (χ1v) is 41.3. The second-order valence-electron chi connectivity index (χ2n) is 28.8. The van der Waals surface area contributed by atoms with Crippen LogP contribution in [0.25, 0.3) is 111 Å². The molecule has 0 amide bonds. The molecule has 119 heavy (non-hydrogen) atoms. The van der Waals surface area contributed by atoms with E-state index in [4.69, 9.17) is 8.94 Å². The number of thiophene rings is 2. The summed E-state index contributed by atoms with van der Waals surface area (Å²) in [5.41, 5.74) is 31.3. The monoisotopic (exact) mass is 1590 g/mol. The Balaban J connectivity index is 0.000000131. The maximum atomic E-state index is 5.79. The number of aromatic amines is 1. The standard InChI is InChI=1S/C15H12O.C12H13NO.2C12H11N.C12H12S.2C11H10N2.C11H11N.C11H10S/c1-11-6-8-12(9-7-11)15-10-13-4-2-3-5-14(13)16-15;1-8-4-6-11(7-5-8)12-9(2)13-14-10(12)3;1-10-2-4-11(5-3-10)12-6-8-13-9-7-12;1-10-4-6-11(7-5-10)12-3-2-8-13-9-12;1-9-3-6-11(7-4-9)12-8-5-10(2)13-12;1-9-3-5-10(6-4-9)11-12-7-2-8-13-11;1-9-2-4-10(5-3-9)11-6-12-8-13-7-11;1-9-4-6-10(7-5-9)11-3-2-8-12-11;1-9-2-4-10(5-3-9)11-6-7-12-8-11/h2-10H,1H3;4-7H,1-3H3;2*2-9H,1H3;3-8H,1-2H3;2*2-8H,1H3;2-8,12H,1H3;2-8H,1H3. The van der Waals surface area contributed by atoms with E-state index in [2.05, 4.69) is 369 Å². The maximum Gasteiger partial charge on any atom is 0.159 e. The molecule has 12 heteroatoms. The normalized spacial score (nSPS) is 10.2. The van der Waals surface area contributed by atoms with Crippen LogP contribution in [0.2, 0.25) is 0 Å². The van der Waals surface area contributed by atoms with Gasteiger partial charge in [-0.25, -0.2) is 19.9 Å². The van der Waals surface area contributed by atoms with Crippen LogP contribution in [0.4, 0.5) is 0 Å². The zero-order valence-electron chi connectivity index (χ0n) is 69.6. The first kappa shape index (κ1) is 86.0. The molecule has 0 atom stereocenters. The molecule has 10 nitrogen and oxygen atoms in total. The molecule has 1 N–H and O–H groups in total. The molecule has 10 aromatic carbocycles. The molecule has 0 aliphatic rings. The Kier molecular flexibility index (Phi) is 32.4. The topological polar surface area (TPSA) is 132 Å². The van der Waals surface area contributed by atoms with Gasteiger partial charge in [0.1, 0.15) is 23.4 Å². The highest BCUT2D eigenvalue weighted by molar-refractivity contribution is 7.15. The summed E-state index contributed by atoms with van der Waals surface area (Å²) in [7, 11) is 0. The molecule has 9 heterocycles. The second-order valence-corrected chi connectivity index (χ2v) is 30.9. The highest BCUT2D eigenvalue weighted by Gasteiger charge is 2.11. The average Bonchev–Trinajstić information content (AvgIpc) is 1.68. The van der Waals surface area contributed by atoms with Gasteiger partial charge in [-0.3, -0.25) is 9.97 Å². The molecule has 0 aliphatic carbocycles. The summed E-state index contributed by atoms with van der Waals surface area (Å²) in [4.78, 5) is 30.3. The van der Waals surface area contributed by atoms with E-state index in [1.807, 2.05) is 123 Å². The van der Waals surface area contributed by atoms with Crippen LogP contribution < -0.4 is 0 Å². The van der Waals surface area contributed by atoms with Crippen LogP contribution in [-0.2, 0) is 0 Å². The number of nitrogens with zero attached hydrogens (tertiary/aromatic N) is 7. The third kappa shape index (κ3) is 27.4. The van der Waals surface area contributed by atoms with Crippen molar-refractivity contribution in [3.05, 3.63) is 449 Å². The SMILES string of the molecule is Cc1ccc(-c2c(C)noc2C)cc1.Cc1ccc(-c2cc3ccccc3o2)cc1.Cc1ccc(-c2ccc(C)s2)cc1.Cc1ccc(-c2ccc[nH]2)cc1.Cc1ccc(-c2cccnc2)cc1.Cc1ccc(-c2ccncc2)cc1.Cc1ccc(-c2ccsc2)cc1.Cc1ccc(-c2cncnc2)cc1.Cc1ccc(-c2ncccn2)cc1. The van der Waals surface area contributed by atoms with Crippen LogP contribution in [-0.4, -0.2) is 40.0 Å². The van der Waals surface area contributed by atoms with Gasteiger partial charge in [-0.05, 0) is 216 Å². The van der Waals surface area contributed by atoms with Gasteiger partial charge in [0.25, 0.3) is 0 Å². The lowest BCUT2D eigenvalue weighted by molar-refractivity contribution is 0.393. The minimum atomic E-state index is 0.780. The second kappa shape index (κ2) is 44.8. The van der Waals surface area contributed by atoms with Crippen LogP contribution in [0.5, 0.6) is 0 Å². The molecular formula is C107H100N8O2S2. The highest BCUT2D eigenvalue weighted by atomic mass is 32.1. The van der Waals surface area contributed by atoms with Crippen molar-refractivity contribution in [1.29, 1.82) is 0 Å². The van der Waals surface area contributed by atoms with Crippen molar-refractivity contribution in [3.8, 4) is 100 Å². The van der Waals surface area contributed by atoms with E-state index >= 15 is 0 Å². The lowest BCUT2D eigenvalue weighted by Gasteiger charge is -2.00. The number of benzene rings is 10. The van der Waals surface area contributed by atoms with Crippen molar-refractivity contribution < 1.29 is 8.94 Å². The summed E-state index contributed by atoms with van der Waals surface area (Å²) in [6, 6.07) is 107. The van der Waals surface area contributed by atoms with E-state index in [-0.39, 0.29) is 0 Å². The molecule has 0 saturated heterocycles. The molecule has 0 unspecified atom stereocenters. The number of nitrogens with one attached hydrogen (secondary N) is 1. The van der Waals surface area contributed by atoms with Crippen molar-refractivity contribution in [2.45, 2.75) is 83.1 Å². The molecule has 0 saturated carbocycles. The minimum absolute atomic E-state index is 0.780. The first-order valence-electron chi connectivity index (χ1n) is 39.5. The number of hydrogen-bond acceptors (Lipinski definition) is 11. The van der Waals surface area contributed by atoms with E-state index in [0.29, 0.717) is 0 Å². The van der Waals surface area contributed by atoms with Gasteiger partial charge in [-0.2, -0.15) is 11.3 Å². The molecule has 0 bridgehead atoms. The van der Waals surface area contributed by atoms with Crippen LogP contribution in [0.1, 0.15) is 66.4 Å². The van der Waals surface area contributed by atoms with E-state index < -0.39 is 0 Å². The number of pyridine rings is 2. The summed E-state index contributed by atoms with van der Waals surface area (Å²) in [5, 5.41) is 9.37. The lowest BCUT2D eigenvalue weighted by Crippen LogP contribution is -1.85. The number of para-hydroxylation sites is 1. The van der Waals surface area contributed by atoms with Crippen molar-refractivity contribution in [2.75, 3.05) is 0 Å². The first-order chi connectivity index (χ1) is 57.9. The Morgan fingerprint density at radius 1 is 0.311 bits per heavy atom. The van der Waals surface area contributed by atoms with Crippen molar-refractivity contribution in [1.82, 2.24) is 40.0 Å².